The van der Waals surface area contributed by atoms with Crippen LogP contribution < -0.4 is 0 Å². The van der Waals surface area contributed by atoms with Gasteiger partial charge in [-0.2, -0.15) is 0 Å². The van der Waals surface area contributed by atoms with Crippen molar-refractivity contribution in [1.82, 2.24) is 0 Å². The van der Waals surface area contributed by atoms with Crippen LogP contribution in [0.3, 0.4) is 0 Å². The predicted molar refractivity (Wildman–Crippen MR) is 62.4 cm³/mol. The topological polar surface area (TPSA) is 44.8 Å². The van der Waals surface area contributed by atoms with E-state index in [9.17, 15) is 4.79 Å². The fraction of sp³-hybridized carbons (Fsp3) is 0.364. The SMILES string of the molecule is O=C(OCS)OCCOCc1ccccc1. The van der Waals surface area contributed by atoms with E-state index < -0.39 is 6.16 Å². The Morgan fingerprint density at radius 2 is 1.88 bits per heavy atom. The molecule has 0 aliphatic carbocycles. The summed E-state index contributed by atoms with van der Waals surface area (Å²) < 4.78 is 14.4. The summed E-state index contributed by atoms with van der Waals surface area (Å²) in [7, 11) is 0. The molecular weight excluding hydrogens is 228 g/mol. The lowest BCUT2D eigenvalue weighted by molar-refractivity contribution is 0.0311. The first kappa shape index (κ1) is 12.9. The molecule has 0 atom stereocenters. The molecule has 0 unspecified atom stereocenters. The highest BCUT2D eigenvalue weighted by molar-refractivity contribution is 7.80. The van der Waals surface area contributed by atoms with E-state index in [0.717, 1.165) is 5.56 Å². The number of hydrogen-bond donors (Lipinski definition) is 1. The first-order valence-corrected chi connectivity index (χ1v) is 5.48. The van der Waals surface area contributed by atoms with Gasteiger partial charge in [-0.05, 0) is 5.56 Å². The number of ether oxygens (including phenoxy) is 3. The van der Waals surface area contributed by atoms with Crippen LogP contribution in [0.5, 0.6) is 0 Å². The van der Waals surface area contributed by atoms with Gasteiger partial charge in [-0.1, -0.05) is 30.3 Å². The third kappa shape index (κ3) is 5.63. The van der Waals surface area contributed by atoms with E-state index in [-0.39, 0.29) is 12.5 Å². The maximum Gasteiger partial charge on any atom is 0.509 e. The van der Waals surface area contributed by atoms with E-state index in [2.05, 4.69) is 22.1 Å². The molecule has 0 aliphatic heterocycles. The summed E-state index contributed by atoms with van der Waals surface area (Å²) >= 11 is 3.72. The molecule has 0 saturated heterocycles. The zero-order chi connectivity index (χ0) is 11.6. The molecule has 5 heteroatoms. The Balaban J connectivity index is 2.02. The monoisotopic (exact) mass is 242 g/mol. The Morgan fingerprint density at radius 3 is 2.56 bits per heavy atom. The molecule has 0 fully saturated rings. The number of hydrogen-bond acceptors (Lipinski definition) is 5. The zero-order valence-corrected chi connectivity index (χ0v) is 9.69. The minimum absolute atomic E-state index is 0.0176. The van der Waals surface area contributed by atoms with E-state index >= 15 is 0 Å². The number of thiol groups is 1. The third-order valence-corrected chi connectivity index (χ3v) is 1.87. The van der Waals surface area contributed by atoms with Crippen LogP contribution in [0.25, 0.3) is 0 Å². The Kier molecular flexibility index (Phi) is 6.44. The van der Waals surface area contributed by atoms with Crippen molar-refractivity contribution in [3.8, 4) is 0 Å². The van der Waals surface area contributed by atoms with E-state index in [1.165, 1.54) is 0 Å². The van der Waals surface area contributed by atoms with Crippen LogP contribution in [0.2, 0.25) is 0 Å². The zero-order valence-electron chi connectivity index (χ0n) is 8.80. The van der Waals surface area contributed by atoms with Crippen LogP contribution in [0.4, 0.5) is 4.79 Å². The molecule has 0 aromatic heterocycles. The highest BCUT2D eigenvalue weighted by atomic mass is 32.1. The Morgan fingerprint density at radius 1 is 1.12 bits per heavy atom. The van der Waals surface area contributed by atoms with Gasteiger partial charge >= 0.3 is 6.16 Å². The van der Waals surface area contributed by atoms with Gasteiger partial charge in [0.25, 0.3) is 0 Å². The summed E-state index contributed by atoms with van der Waals surface area (Å²) in [6, 6.07) is 9.77. The third-order valence-electron chi connectivity index (χ3n) is 1.74. The summed E-state index contributed by atoms with van der Waals surface area (Å²) in [4.78, 5) is 10.7. The highest BCUT2D eigenvalue weighted by Gasteiger charge is 2.01. The molecule has 0 amide bonds. The van der Waals surface area contributed by atoms with Gasteiger partial charge < -0.3 is 14.2 Å². The molecule has 4 nitrogen and oxygen atoms in total. The van der Waals surface area contributed by atoms with Gasteiger partial charge in [-0.25, -0.2) is 4.79 Å². The summed E-state index contributed by atoms with van der Waals surface area (Å²) in [5.74, 6) is 0.0176. The number of carbonyl (C=O) groups excluding carboxylic acids is 1. The maximum atomic E-state index is 10.7. The average molecular weight is 242 g/mol. The second-order valence-corrected chi connectivity index (χ2v) is 3.17. The molecule has 1 aromatic carbocycles. The fourth-order valence-corrected chi connectivity index (χ4v) is 1.15. The van der Waals surface area contributed by atoms with Gasteiger partial charge in [0.15, 0.2) is 0 Å². The van der Waals surface area contributed by atoms with Crippen LogP contribution in [0.15, 0.2) is 30.3 Å². The van der Waals surface area contributed by atoms with E-state index in [0.29, 0.717) is 13.2 Å². The van der Waals surface area contributed by atoms with Gasteiger partial charge in [0.2, 0.25) is 0 Å². The first-order valence-electron chi connectivity index (χ1n) is 4.85. The summed E-state index contributed by atoms with van der Waals surface area (Å²) in [5, 5.41) is 0. The van der Waals surface area contributed by atoms with Crippen molar-refractivity contribution in [1.29, 1.82) is 0 Å². The van der Waals surface area contributed by atoms with Crippen molar-refractivity contribution < 1.29 is 19.0 Å². The minimum atomic E-state index is -0.724. The predicted octanol–water partition coefficient (Wildman–Crippen LogP) is 2.24. The molecule has 0 saturated carbocycles. The van der Waals surface area contributed by atoms with Gasteiger partial charge in [-0.3, -0.25) is 0 Å². The Hall–Kier alpha value is -1.20. The van der Waals surface area contributed by atoms with Crippen molar-refractivity contribution in [2.75, 3.05) is 19.2 Å². The molecule has 1 aromatic rings. The van der Waals surface area contributed by atoms with Gasteiger partial charge in [0, 0.05) is 0 Å². The maximum absolute atomic E-state index is 10.7. The largest absolute Gasteiger partial charge is 0.509 e. The van der Waals surface area contributed by atoms with Crippen molar-refractivity contribution >= 4 is 18.8 Å². The Bertz CT molecular complexity index is 302. The van der Waals surface area contributed by atoms with Crippen molar-refractivity contribution in [3.63, 3.8) is 0 Å². The summed E-state index contributed by atoms with van der Waals surface area (Å²) in [5.41, 5.74) is 1.08. The summed E-state index contributed by atoms with van der Waals surface area (Å²) in [6.07, 6.45) is -0.724. The van der Waals surface area contributed by atoms with Crippen molar-refractivity contribution in [3.05, 3.63) is 35.9 Å². The molecular formula is C11H14O4S. The smallest absolute Gasteiger partial charge is 0.432 e. The van der Waals surface area contributed by atoms with Crippen LogP contribution >= 0.6 is 12.6 Å². The lowest BCUT2D eigenvalue weighted by Crippen LogP contribution is -2.11. The second-order valence-electron chi connectivity index (χ2n) is 2.91. The molecule has 0 heterocycles. The Labute approximate surface area is 99.9 Å². The normalized spacial score (nSPS) is 9.81. The molecule has 1 rings (SSSR count). The standard InChI is InChI=1S/C11H14O4S/c12-11(15-9-16)14-7-6-13-8-10-4-2-1-3-5-10/h1-5,16H,6-9H2. The molecule has 0 bridgehead atoms. The van der Waals surface area contributed by atoms with Crippen LogP contribution in [0.1, 0.15) is 5.56 Å². The molecule has 0 aliphatic rings. The molecule has 88 valence electrons. The van der Waals surface area contributed by atoms with Gasteiger partial charge in [-0.15, -0.1) is 12.6 Å². The number of rotatable bonds is 6. The van der Waals surface area contributed by atoms with Crippen LogP contribution in [-0.4, -0.2) is 25.3 Å². The highest BCUT2D eigenvalue weighted by Crippen LogP contribution is 2.00. The molecule has 0 spiro atoms. The molecule has 16 heavy (non-hydrogen) atoms. The van der Waals surface area contributed by atoms with E-state index in [1.807, 2.05) is 30.3 Å². The van der Waals surface area contributed by atoms with Crippen molar-refractivity contribution in [2.45, 2.75) is 6.61 Å². The van der Waals surface area contributed by atoms with E-state index in [1.54, 1.807) is 0 Å². The minimum Gasteiger partial charge on any atom is -0.432 e. The van der Waals surface area contributed by atoms with Gasteiger partial charge in [0.1, 0.15) is 12.5 Å². The fourth-order valence-electron chi connectivity index (χ4n) is 1.04. The van der Waals surface area contributed by atoms with Crippen molar-refractivity contribution in [2.24, 2.45) is 0 Å². The number of benzene rings is 1. The first-order chi connectivity index (χ1) is 7.83. The average Bonchev–Trinajstić information content (AvgIpc) is 2.30. The summed E-state index contributed by atoms with van der Waals surface area (Å²) in [6.45, 7) is 1.03. The number of carbonyl (C=O) groups is 1. The van der Waals surface area contributed by atoms with Crippen LogP contribution in [-0.2, 0) is 20.8 Å². The van der Waals surface area contributed by atoms with Gasteiger partial charge in [0.05, 0.1) is 13.2 Å². The second kappa shape index (κ2) is 8.01. The lowest BCUT2D eigenvalue weighted by atomic mass is 10.2. The molecule has 0 N–H and O–H groups in total. The lowest BCUT2D eigenvalue weighted by Gasteiger charge is -2.05. The quantitative estimate of drug-likeness (QED) is 0.359. The van der Waals surface area contributed by atoms with E-state index in [4.69, 9.17) is 4.74 Å². The van der Waals surface area contributed by atoms with Crippen LogP contribution in [0, 0.1) is 0 Å². The molecule has 0 radical (unpaired) electrons.